The summed E-state index contributed by atoms with van der Waals surface area (Å²) in [6.45, 7) is 4.38. The lowest BCUT2D eigenvalue weighted by Crippen LogP contribution is -2.41. The zero-order valence-corrected chi connectivity index (χ0v) is 15.5. The van der Waals surface area contributed by atoms with Gasteiger partial charge in [-0.15, -0.1) is 12.4 Å². The monoisotopic (exact) mass is 364 g/mol. The number of carbonyl (C=O) groups is 1. The van der Waals surface area contributed by atoms with Crippen molar-refractivity contribution in [3.63, 3.8) is 0 Å². The predicted molar refractivity (Wildman–Crippen MR) is 101 cm³/mol. The van der Waals surface area contributed by atoms with Crippen molar-refractivity contribution < 1.29 is 4.79 Å². The number of piperidine rings is 1. The Morgan fingerprint density at radius 2 is 2.08 bits per heavy atom. The third-order valence-corrected chi connectivity index (χ3v) is 4.80. The quantitative estimate of drug-likeness (QED) is 0.899. The normalized spacial score (nSPS) is 15.2. The SMILES string of the molecule is CNCCC1CCN(C(=O)c2cnc3cc(C)ccn3c2=O)CC1.Cl. The van der Waals surface area contributed by atoms with Crippen LogP contribution >= 0.6 is 12.4 Å². The molecular weight excluding hydrogens is 340 g/mol. The highest BCUT2D eigenvalue weighted by Crippen LogP contribution is 2.21. The number of amides is 1. The van der Waals surface area contributed by atoms with E-state index in [1.54, 1.807) is 11.1 Å². The Hall–Kier alpha value is -1.92. The second-order valence-corrected chi connectivity index (χ2v) is 6.54. The summed E-state index contributed by atoms with van der Waals surface area (Å²) in [5.41, 5.74) is 1.47. The minimum atomic E-state index is -0.290. The molecule has 0 bridgehead atoms. The van der Waals surface area contributed by atoms with Crippen LogP contribution in [-0.4, -0.2) is 46.9 Å². The van der Waals surface area contributed by atoms with Crippen LogP contribution in [0.4, 0.5) is 0 Å². The number of aryl methyl sites for hydroxylation is 1. The third-order valence-electron chi connectivity index (χ3n) is 4.80. The lowest BCUT2D eigenvalue weighted by atomic mass is 9.93. The highest BCUT2D eigenvalue weighted by molar-refractivity contribution is 5.93. The van der Waals surface area contributed by atoms with E-state index < -0.39 is 0 Å². The molecule has 1 saturated heterocycles. The number of rotatable bonds is 4. The molecule has 0 aromatic carbocycles. The average molecular weight is 365 g/mol. The van der Waals surface area contributed by atoms with Crippen molar-refractivity contribution in [1.29, 1.82) is 0 Å². The minimum Gasteiger partial charge on any atom is -0.338 e. The number of carbonyl (C=O) groups excluding carboxylic acids is 1. The van der Waals surface area contributed by atoms with E-state index in [0.29, 0.717) is 24.7 Å². The molecule has 25 heavy (non-hydrogen) atoms. The number of nitrogens with one attached hydrogen (secondary N) is 1. The number of halogens is 1. The highest BCUT2D eigenvalue weighted by Gasteiger charge is 2.25. The maximum absolute atomic E-state index is 12.7. The van der Waals surface area contributed by atoms with E-state index in [1.807, 2.05) is 26.1 Å². The summed E-state index contributed by atoms with van der Waals surface area (Å²) < 4.78 is 1.44. The van der Waals surface area contributed by atoms with Gasteiger partial charge in [-0.05, 0) is 63.4 Å². The van der Waals surface area contributed by atoms with Crippen LogP contribution in [0.1, 0.15) is 35.2 Å². The maximum Gasteiger partial charge on any atom is 0.270 e. The minimum absolute atomic E-state index is 0. The fourth-order valence-electron chi connectivity index (χ4n) is 3.27. The van der Waals surface area contributed by atoms with Crippen molar-refractivity contribution in [3.8, 4) is 0 Å². The molecule has 1 fully saturated rings. The summed E-state index contributed by atoms with van der Waals surface area (Å²) in [5, 5.41) is 3.17. The van der Waals surface area contributed by atoms with Gasteiger partial charge in [-0.2, -0.15) is 0 Å². The molecule has 2 aromatic rings. The average Bonchev–Trinajstić information content (AvgIpc) is 2.60. The molecule has 3 rings (SSSR count). The van der Waals surface area contributed by atoms with E-state index >= 15 is 0 Å². The Morgan fingerprint density at radius 3 is 2.76 bits per heavy atom. The summed E-state index contributed by atoms with van der Waals surface area (Å²) in [6, 6.07) is 3.68. The molecule has 7 heteroatoms. The Morgan fingerprint density at radius 1 is 1.36 bits per heavy atom. The van der Waals surface area contributed by atoms with Gasteiger partial charge in [0.05, 0.1) is 0 Å². The maximum atomic E-state index is 12.7. The van der Waals surface area contributed by atoms with Gasteiger partial charge in [0.1, 0.15) is 11.2 Å². The highest BCUT2D eigenvalue weighted by atomic mass is 35.5. The Balaban J connectivity index is 0.00000225. The fraction of sp³-hybridized carbons (Fsp3) is 0.500. The van der Waals surface area contributed by atoms with Crippen molar-refractivity contribution in [2.24, 2.45) is 5.92 Å². The molecule has 1 aliphatic rings. The van der Waals surface area contributed by atoms with Crippen LogP contribution in [0.15, 0.2) is 29.3 Å². The van der Waals surface area contributed by atoms with E-state index in [4.69, 9.17) is 0 Å². The van der Waals surface area contributed by atoms with Crippen LogP contribution in [-0.2, 0) is 0 Å². The predicted octanol–water partition coefficient (Wildman–Crippen LogP) is 1.89. The molecule has 0 saturated carbocycles. The number of hydrogen-bond donors (Lipinski definition) is 1. The smallest absolute Gasteiger partial charge is 0.270 e. The Labute approximate surface area is 153 Å². The van der Waals surface area contributed by atoms with Gasteiger partial charge in [-0.1, -0.05) is 0 Å². The second kappa shape index (κ2) is 8.45. The standard InChI is InChI=1S/C18H24N4O2.ClH/c1-13-4-10-22-16(11-13)20-12-15(18(22)24)17(23)21-8-5-14(6-9-21)3-7-19-2;/h4,10-12,14,19H,3,5-9H2,1-2H3;1H. The summed E-state index contributed by atoms with van der Waals surface area (Å²) >= 11 is 0. The molecule has 1 aliphatic heterocycles. The lowest BCUT2D eigenvalue weighted by Gasteiger charge is -2.31. The van der Waals surface area contributed by atoms with Gasteiger partial charge in [-0.25, -0.2) is 4.98 Å². The first-order valence-electron chi connectivity index (χ1n) is 8.52. The molecule has 136 valence electrons. The zero-order valence-electron chi connectivity index (χ0n) is 14.7. The first kappa shape index (κ1) is 19.4. The second-order valence-electron chi connectivity index (χ2n) is 6.54. The van der Waals surface area contributed by atoms with E-state index in [0.717, 1.165) is 31.4 Å². The fourth-order valence-corrected chi connectivity index (χ4v) is 3.27. The largest absolute Gasteiger partial charge is 0.338 e. The third kappa shape index (κ3) is 4.19. The summed E-state index contributed by atoms with van der Waals surface area (Å²) in [4.78, 5) is 31.4. The number of likely N-dealkylation sites (tertiary alicyclic amines) is 1. The molecule has 1 N–H and O–H groups in total. The molecule has 0 aliphatic carbocycles. The Kier molecular flexibility index (Phi) is 6.56. The van der Waals surface area contributed by atoms with E-state index in [-0.39, 0.29) is 29.4 Å². The summed E-state index contributed by atoms with van der Waals surface area (Å²) in [6.07, 6.45) is 6.23. The summed E-state index contributed by atoms with van der Waals surface area (Å²) in [7, 11) is 1.96. The van der Waals surface area contributed by atoms with Gasteiger partial charge in [0.2, 0.25) is 0 Å². The zero-order chi connectivity index (χ0) is 17.1. The number of pyridine rings is 1. The molecule has 0 atom stereocenters. The van der Waals surface area contributed by atoms with Crippen molar-refractivity contribution in [2.75, 3.05) is 26.7 Å². The van der Waals surface area contributed by atoms with Gasteiger partial charge < -0.3 is 10.2 Å². The first-order valence-corrected chi connectivity index (χ1v) is 8.52. The van der Waals surface area contributed by atoms with Crippen molar-refractivity contribution >= 4 is 24.0 Å². The van der Waals surface area contributed by atoms with Gasteiger partial charge >= 0.3 is 0 Å². The van der Waals surface area contributed by atoms with Crippen LogP contribution in [0.25, 0.3) is 5.65 Å². The van der Waals surface area contributed by atoms with Gasteiger partial charge in [0.15, 0.2) is 0 Å². The lowest BCUT2D eigenvalue weighted by molar-refractivity contribution is 0.0684. The van der Waals surface area contributed by atoms with Crippen molar-refractivity contribution in [1.82, 2.24) is 19.6 Å². The molecule has 0 radical (unpaired) electrons. The van der Waals surface area contributed by atoms with E-state index in [9.17, 15) is 9.59 Å². The van der Waals surface area contributed by atoms with Gasteiger partial charge in [-0.3, -0.25) is 14.0 Å². The number of fused-ring (bicyclic) bond motifs is 1. The number of aromatic nitrogens is 2. The molecule has 0 unspecified atom stereocenters. The van der Waals surface area contributed by atoms with Crippen LogP contribution < -0.4 is 10.9 Å². The molecule has 2 aromatic heterocycles. The molecular formula is C18H25ClN4O2. The topological polar surface area (TPSA) is 66.7 Å². The number of hydrogen-bond acceptors (Lipinski definition) is 4. The van der Waals surface area contributed by atoms with Gasteiger partial charge in [0, 0.05) is 25.5 Å². The molecule has 1 amide bonds. The molecule has 3 heterocycles. The van der Waals surface area contributed by atoms with E-state index in [2.05, 4.69) is 10.3 Å². The molecule has 6 nitrogen and oxygen atoms in total. The van der Waals surface area contributed by atoms with E-state index in [1.165, 1.54) is 10.6 Å². The first-order chi connectivity index (χ1) is 11.6. The summed E-state index contributed by atoms with van der Waals surface area (Å²) in [5.74, 6) is 0.454. The van der Waals surface area contributed by atoms with Crippen LogP contribution in [0.2, 0.25) is 0 Å². The van der Waals surface area contributed by atoms with Crippen LogP contribution in [0.5, 0.6) is 0 Å². The van der Waals surface area contributed by atoms with Crippen LogP contribution in [0, 0.1) is 12.8 Å². The number of nitrogens with zero attached hydrogens (tertiary/aromatic N) is 3. The van der Waals surface area contributed by atoms with Gasteiger partial charge in [0.25, 0.3) is 11.5 Å². The van der Waals surface area contributed by atoms with Crippen molar-refractivity contribution in [3.05, 3.63) is 46.0 Å². The van der Waals surface area contributed by atoms with Crippen molar-refractivity contribution in [2.45, 2.75) is 26.2 Å². The van der Waals surface area contributed by atoms with Crippen LogP contribution in [0.3, 0.4) is 0 Å². The Bertz CT molecular complexity index is 797. The molecule has 0 spiro atoms.